The molecule has 7 heteroatoms. The van der Waals surface area contributed by atoms with E-state index in [1.54, 1.807) is 0 Å². The maximum absolute atomic E-state index is 5.87. The van der Waals surface area contributed by atoms with Crippen molar-refractivity contribution in [2.75, 3.05) is 37.9 Å². The molecule has 0 fully saturated rings. The number of rotatable bonds is 13. The summed E-state index contributed by atoms with van der Waals surface area (Å²) in [4.78, 5) is 0. The SMILES string of the molecule is CCO[Si](CCCS[PH](S)(CC)CC)(OCC)OCC. The van der Waals surface area contributed by atoms with Gasteiger partial charge in [0.2, 0.25) is 0 Å². The van der Waals surface area contributed by atoms with Crippen LogP contribution in [-0.2, 0) is 13.3 Å². The van der Waals surface area contributed by atoms with Crippen LogP contribution in [0.25, 0.3) is 0 Å². The normalized spacial score (nSPS) is 13.7. The first-order valence-corrected chi connectivity index (χ1v) is 15.1. The van der Waals surface area contributed by atoms with Gasteiger partial charge in [-0.3, -0.25) is 0 Å². The zero-order valence-corrected chi connectivity index (χ0v) is 17.4. The quantitative estimate of drug-likeness (QED) is 0.223. The van der Waals surface area contributed by atoms with E-state index in [0.29, 0.717) is 19.8 Å². The topological polar surface area (TPSA) is 27.7 Å². The second-order valence-electron chi connectivity index (χ2n) is 4.59. The molecule has 20 heavy (non-hydrogen) atoms. The van der Waals surface area contributed by atoms with Crippen LogP contribution >= 0.6 is 29.3 Å². The monoisotopic (exact) mass is 360 g/mol. The van der Waals surface area contributed by atoms with Gasteiger partial charge in [-0.15, -0.1) is 0 Å². The third-order valence-corrected chi connectivity index (χ3v) is 16.6. The fourth-order valence-corrected chi connectivity index (χ4v) is 10.1. The molecule has 0 aromatic heterocycles. The van der Waals surface area contributed by atoms with Crippen molar-refractivity contribution in [1.82, 2.24) is 0 Å². The Morgan fingerprint density at radius 1 is 0.900 bits per heavy atom. The molecule has 0 heterocycles. The molecule has 124 valence electrons. The predicted octanol–water partition coefficient (Wildman–Crippen LogP) is 4.71. The van der Waals surface area contributed by atoms with E-state index in [1.165, 1.54) is 12.3 Å². The van der Waals surface area contributed by atoms with Crippen LogP contribution < -0.4 is 0 Å². The Labute approximate surface area is 136 Å². The second kappa shape index (κ2) is 11.7. The summed E-state index contributed by atoms with van der Waals surface area (Å²) >= 11 is 6.98. The molecule has 0 saturated heterocycles. The fraction of sp³-hybridized carbons (Fsp3) is 1.00. The standard InChI is InChI=1S/C13H33O3PS2Si/c1-6-14-20(15-7-2,16-8-3)13-11-12-19-17(18,9-4)10-5/h17-18H,6-13H2,1-5H3. The van der Waals surface area contributed by atoms with Gasteiger partial charge in [-0.05, 0) is 0 Å². The van der Waals surface area contributed by atoms with Crippen molar-refractivity contribution in [1.29, 1.82) is 0 Å². The van der Waals surface area contributed by atoms with Gasteiger partial charge < -0.3 is 0 Å². The van der Waals surface area contributed by atoms with Crippen LogP contribution in [-0.4, -0.2) is 46.7 Å². The van der Waals surface area contributed by atoms with Crippen LogP contribution in [0.15, 0.2) is 0 Å². The Balaban J connectivity index is 4.31. The average Bonchev–Trinajstić information content (AvgIpc) is 2.44. The van der Waals surface area contributed by atoms with Gasteiger partial charge in [-0.25, -0.2) is 0 Å². The van der Waals surface area contributed by atoms with Gasteiger partial charge in [0.05, 0.1) is 0 Å². The first-order valence-electron chi connectivity index (χ1n) is 7.79. The number of hydrogen-bond acceptors (Lipinski definition) is 5. The molecular formula is C13H33O3PS2Si. The Morgan fingerprint density at radius 2 is 1.35 bits per heavy atom. The van der Waals surface area contributed by atoms with Gasteiger partial charge in [0.1, 0.15) is 0 Å². The molecule has 0 radical (unpaired) electrons. The van der Waals surface area contributed by atoms with Gasteiger partial charge in [0, 0.05) is 0 Å². The third kappa shape index (κ3) is 8.02. The third-order valence-electron chi connectivity index (χ3n) is 3.20. The van der Waals surface area contributed by atoms with Crippen LogP contribution in [0.1, 0.15) is 41.0 Å². The Hall–Kier alpha value is 1.23. The van der Waals surface area contributed by atoms with Crippen molar-refractivity contribution in [3.63, 3.8) is 0 Å². The Kier molecular flexibility index (Phi) is 12.5. The second-order valence-corrected chi connectivity index (χ2v) is 18.0. The van der Waals surface area contributed by atoms with Gasteiger partial charge in [-0.1, -0.05) is 0 Å². The van der Waals surface area contributed by atoms with Crippen LogP contribution in [0.3, 0.4) is 0 Å². The summed E-state index contributed by atoms with van der Waals surface area (Å²) in [6.45, 7) is 12.5. The van der Waals surface area contributed by atoms with Gasteiger partial charge in [0.25, 0.3) is 0 Å². The molecule has 0 aromatic carbocycles. The molecule has 0 unspecified atom stereocenters. The van der Waals surface area contributed by atoms with Crippen molar-refractivity contribution < 1.29 is 13.3 Å². The van der Waals surface area contributed by atoms with Crippen molar-refractivity contribution in [2.24, 2.45) is 0 Å². The van der Waals surface area contributed by atoms with Crippen LogP contribution in [0.4, 0.5) is 0 Å². The summed E-state index contributed by atoms with van der Waals surface area (Å²) in [5.41, 5.74) is -1.35. The van der Waals surface area contributed by atoms with E-state index in [4.69, 9.17) is 25.5 Å². The van der Waals surface area contributed by atoms with Crippen molar-refractivity contribution >= 4 is 38.1 Å². The molecule has 0 N–H and O–H groups in total. The summed E-state index contributed by atoms with van der Waals surface area (Å²) in [6.07, 6.45) is 3.54. The van der Waals surface area contributed by atoms with E-state index in [0.717, 1.165) is 18.2 Å². The van der Waals surface area contributed by atoms with Crippen molar-refractivity contribution in [3.8, 4) is 0 Å². The number of hydrogen-bond donors (Lipinski definition) is 1. The molecule has 0 bridgehead atoms. The van der Waals surface area contributed by atoms with E-state index >= 15 is 0 Å². The molecule has 0 amide bonds. The predicted molar refractivity (Wildman–Crippen MR) is 101 cm³/mol. The fourth-order valence-electron chi connectivity index (χ4n) is 2.01. The summed E-state index contributed by atoms with van der Waals surface area (Å²) < 4.78 is 17.6. The Morgan fingerprint density at radius 3 is 1.70 bits per heavy atom. The number of thiol groups is 1. The maximum atomic E-state index is 5.87. The van der Waals surface area contributed by atoms with Gasteiger partial charge in [-0.2, -0.15) is 0 Å². The van der Waals surface area contributed by atoms with E-state index in [9.17, 15) is 0 Å². The zero-order chi connectivity index (χ0) is 15.5. The molecule has 0 atom stereocenters. The zero-order valence-electron chi connectivity index (χ0n) is 13.7. The van der Waals surface area contributed by atoms with Crippen molar-refractivity contribution in [3.05, 3.63) is 0 Å². The average molecular weight is 361 g/mol. The molecular weight excluding hydrogens is 327 g/mol. The van der Waals surface area contributed by atoms with Crippen LogP contribution in [0, 0.1) is 0 Å². The minimum absolute atomic E-state index is 0.661. The molecule has 0 aromatic rings. The molecule has 3 nitrogen and oxygen atoms in total. The van der Waals surface area contributed by atoms with E-state index in [1.807, 2.05) is 20.8 Å². The summed E-state index contributed by atoms with van der Waals surface area (Å²) in [5.74, 6) is 1.14. The van der Waals surface area contributed by atoms with E-state index < -0.39 is 14.5 Å². The molecule has 0 aliphatic heterocycles. The van der Waals surface area contributed by atoms with Crippen molar-refractivity contribution in [2.45, 2.75) is 47.1 Å². The molecule has 0 spiro atoms. The molecule has 0 aliphatic rings. The Bertz CT molecular complexity index is 227. The summed E-state index contributed by atoms with van der Waals surface area (Å²) in [7, 11) is -2.44. The summed E-state index contributed by atoms with van der Waals surface area (Å²) in [5, 5.41) is 0. The van der Waals surface area contributed by atoms with Crippen LogP contribution in [0.2, 0.25) is 6.04 Å². The first-order chi connectivity index (χ1) is 9.51. The first kappa shape index (κ1) is 21.2. The van der Waals surface area contributed by atoms with E-state index in [2.05, 4.69) is 25.2 Å². The van der Waals surface area contributed by atoms with E-state index in [-0.39, 0.29) is 0 Å². The molecule has 0 aliphatic carbocycles. The minimum atomic E-state index is -2.44. The summed E-state index contributed by atoms with van der Waals surface area (Å²) in [6, 6.07) is 0.918. The molecule has 0 rings (SSSR count). The van der Waals surface area contributed by atoms with Gasteiger partial charge >= 0.3 is 136 Å². The van der Waals surface area contributed by atoms with Crippen LogP contribution in [0.5, 0.6) is 0 Å². The molecule has 0 saturated carbocycles. The van der Waals surface area contributed by atoms with Gasteiger partial charge in [0.15, 0.2) is 0 Å².